The summed E-state index contributed by atoms with van der Waals surface area (Å²) in [5.74, 6) is 0.0105. The van der Waals surface area contributed by atoms with E-state index >= 15 is 0 Å². The molecule has 19 heavy (non-hydrogen) atoms. The Morgan fingerprint density at radius 2 is 2.16 bits per heavy atom. The van der Waals surface area contributed by atoms with Crippen molar-refractivity contribution in [2.75, 3.05) is 6.54 Å². The van der Waals surface area contributed by atoms with Crippen molar-refractivity contribution in [3.8, 4) is 0 Å². The molecule has 2 rings (SSSR count). The maximum Gasteiger partial charge on any atom is 0.221 e. The summed E-state index contributed by atoms with van der Waals surface area (Å²) in [5, 5.41) is 2.84. The molecule has 102 valence electrons. The highest BCUT2D eigenvalue weighted by Gasteiger charge is 2.12. The molecule has 0 aliphatic rings. The third-order valence-electron chi connectivity index (χ3n) is 2.85. The first kappa shape index (κ1) is 13.5. The van der Waals surface area contributed by atoms with Crippen molar-refractivity contribution in [1.29, 1.82) is 0 Å². The number of fused-ring (bicyclic) bond motifs is 1. The lowest BCUT2D eigenvalue weighted by Gasteiger charge is -2.18. The number of nitrogens with two attached hydrogens (primary N) is 1. The monoisotopic (exact) mass is 260 g/mol. The number of rotatable bonds is 5. The van der Waals surface area contributed by atoms with Crippen LogP contribution in [-0.2, 0) is 11.3 Å². The van der Waals surface area contributed by atoms with E-state index in [1.165, 1.54) is 0 Å². The van der Waals surface area contributed by atoms with Gasteiger partial charge >= 0.3 is 0 Å². The van der Waals surface area contributed by atoms with Gasteiger partial charge in [0, 0.05) is 25.0 Å². The predicted molar refractivity (Wildman–Crippen MR) is 75.6 cm³/mol. The second-order valence-corrected chi connectivity index (χ2v) is 5.44. The predicted octanol–water partition coefficient (Wildman–Crippen LogP) is 1.28. The summed E-state index contributed by atoms with van der Waals surface area (Å²) in [7, 11) is 0. The lowest BCUT2D eigenvalue weighted by atomic mass is 10.1. The fourth-order valence-corrected chi connectivity index (χ4v) is 1.83. The quantitative estimate of drug-likeness (QED) is 0.850. The molecular formula is C14H20N4O. The van der Waals surface area contributed by atoms with E-state index < -0.39 is 0 Å². The molecule has 0 saturated heterocycles. The van der Waals surface area contributed by atoms with Gasteiger partial charge in [-0.05, 0) is 26.0 Å². The fraction of sp³-hybridized carbons (Fsp3) is 0.429. The van der Waals surface area contributed by atoms with E-state index in [4.69, 9.17) is 5.73 Å². The summed E-state index contributed by atoms with van der Waals surface area (Å²) >= 11 is 0. The minimum atomic E-state index is -0.378. The molecular weight excluding hydrogens is 240 g/mol. The third-order valence-corrected chi connectivity index (χ3v) is 2.85. The van der Waals surface area contributed by atoms with Crippen LogP contribution in [0.5, 0.6) is 0 Å². The van der Waals surface area contributed by atoms with Gasteiger partial charge in [-0.1, -0.05) is 12.1 Å². The topological polar surface area (TPSA) is 72.9 Å². The van der Waals surface area contributed by atoms with Crippen molar-refractivity contribution in [2.24, 2.45) is 5.73 Å². The maximum atomic E-state index is 11.7. The van der Waals surface area contributed by atoms with E-state index in [0.717, 1.165) is 11.0 Å². The van der Waals surface area contributed by atoms with E-state index in [1.54, 1.807) is 6.33 Å². The van der Waals surface area contributed by atoms with Crippen LogP contribution in [0.2, 0.25) is 0 Å². The van der Waals surface area contributed by atoms with Gasteiger partial charge in [-0.25, -0.2) is 4.98 Å². The zero-order chi connectivity index (χ0) is 13.9. The van der Waals surface area contributed by atoms with Crippen LogP contribution >= 0.6 is 0 Å². The number of aromatic nitrogens is 2. The van der Waals surface area contributed by atoms with Gasteiger partial charge in [0.25, 0.3) is 0 Å². The smallest absolute Gasteiger partial charge is 0.221 e. The van der Waals surface area contributed by atoms with Gasteiger partial charge in [0.2, 0.25) is 5.91 Å². The Labute approximate surface area is 112 Å². The first-order valence-electron chi connectivity index (χ1n) is 6.41. The number of benzene rings is 1. The Morgan fingerprint density at radius 1 is 1.42 bits per heavy atom. The van der Waals surface area contributed by atoms with Crippen LogP contribution in [0.4, 0.5) is 0 Å². The molecule has 0 bridgehead atoms. The van der Waals surface area contributed by atoms with Gasteiger partial charge in [-0.15, -0.1) is 0 Å². The number of carbonyl (C=O) groups is 1. The molecule has 0 fully saturated rings. The fourth-order valence-electron chi connectivity index (χ4n) is 1.83. The van der Waals surface area contributed by atoms with Gasteiger partial charge in [0.1, 0.15) is 0 Å². The van der Waals surface area contributed by atoms with Gasteiger partial charge in [0.05, 0.1) is 17.4 Å². The minimum Gasteiger partial charge on any atom is -0.354 e. The van der Waals surface area contributed by atoms with Crippen LogP contribution in [-0.4, -0.2) is 27.5 Å². The van der Waals surface area contributed by atoms with E-state index in [0.29, 0.717) is 19.5 Å². The number of amides is 1. The van der Waals surface area contributed by atoms with E-state index in [2.05, 4.69) is 10.3 Å². The van der Waals surface area contributed by atoms with Crippen molar-refractivity contribution in [3.63, 3.8) is 0 Å². The van der Waals surface area contributed by atoms with Crippen LogP contribution in [0.25, 0.3) is 11.0 Å². The highest BCUT2D eigenvalue weighted by atomic mass is 16.1. The average Bonchev–Trinajstić information content (AvgIpc) is 2.76. The number of hydrogen-bond donors (Lipinski definition) is 2. The van der Waals surface area contributed by atoms with Crippen LogP contribution in [0, 0.1) is 0 Å². The Morgan fingerprint density at radius 3 is 2.89 bits per heavy atom. The Kier molecular flexibility index (Phi) is 3.85. The summed E-state index contributed by atoms with van der Waals surface area (Å²) in [6.45, 7) is 4.88. The molecule has 0 spiro atoms. The van der Waals surface area contributed by atoms with E-state index in [-0.39, 0.29) is 11.4 Å². The van der Waals surface area contributed by atoms with Crippen molar-refractivity contribution >= 4 is 16.9 Å². The van der Waals surface area contributed by atoms with Crippen molar-refractivity contribution in [2.45, 2.75) is 32.4 Å². The molecule has 0 radical (unpaired) electrons. The zero-order valence-electron chi connectivity index (χ0n) is 11.4. The van der Waals surface area contributed by atoms with Crippen molar-refractivity contribution < 1.29 is 4.79 Å². The molecule has 2 aromatic rings. The van der Waals surface area contributed by atoms with Crippen LogP contribution in [0.15, 0.2) is 30.6 Å². The summed E-state index contributed by atoms with van der Waals surface area (Å²) < 4.78 is 1.99. The molecule has 0 atom stereocenters. The van der Waals surface area contributed by atoms with Gasteiger partial charge in [0.15, 0.2) is 0 Å². The first-order valence-corrected chi connectivity index (χ1v) is 6.41. The summed E-state index contributed by atoms with van der Waals surface area (Å²) in [6, 6.07) is 7.89. The second-order valence-electron chi connectivity index (χ2n) is 5.44. The lowest BCUT2D eigenvalue weighted by Crippen LogP contribution is -2.45. The second kappa shape index (κ2) is 5.40. The molecule has 1 amide bonds. The van der Waals surface area contributed by atoms with Gasteiger partial charge in [-0.3, -0.25) is 4.79 Å². The Balaban J connectivity index is 1.90. The first-order chi connectivity index (χ1) is 8.96. The number of para-hydroxylation sites is 2. The van der Waals surface area contributed by atoms with Crippen LogP contribution in [0.1, 0.15) is 20.3 Å². The average molecular weight is 260 g/mol. The number of hydrogen-bond acceptors (Lipinski definition) is 3. The van der Waals surface area contributed by atoms with Crippen molar-refractivity contribution in [1.82, 2.24) is 14.9 Å². The maximum absolute atomic E-state index is 11.7. The van der Waals surface area contributed by atoms with E-state index in [1.807, 2.05) is 42.7 Å². The van der Waals surface area contributed by atoms with Gasteiger partial charge in [-0.2, -0.15) is 0 Å². The molecule has 5 nitrogen and oxygen atoms in total. The molecule has 5 heteroatoms. The SMILES string of the molecule is CC(C)(N)CNC(=O)CCn1cnc2ccccc21. The van der Waals surface area contributed by atoms with Crippen molar-refractivity contribution in [3.05, 3.63) is 30.6 Å². The Bertz CT molecular complexity index is 568. The van der Waals surface area contributed by atoms with Gasteiger partial charge < -0.3 is 15.6 Å². The molecule has 0 aliphatic carbocycles. The largest absolute Gasteiger partial charge is 0.354 e. The molecule has 3 N–H and O–H groups in total. The highest BCUT2D eigenvalue weighted by Crippen LogP contribution is 2.11. The third kappa shape index (κ3) is 3.79. The Hall–Kier alpha value is -1.88. The van der Waals surface area contributed by atoms with Crippen LogP contribution < -0.4 is 11.1 Å². The molecule has 0 saturated carbocycles. The number of aryl methyl sites for hydroxylation is 1. The van der Waals surface area contributed by atoms with Crippen LogP contribution in [0.3, 0.4) is 0 Å². The minimum absolute atomic E-state index is 0.0105. The molecule has 1 aromatic heterocycles. The summed E-state index contributed by atoms with van der Waals surface area (Å²) in [4.78, 5) is 16.0. The normalized spacial score (nSPS) is 11.7. The molecule has 1 heterocycles. The highest BCUT2D eigenvalue weighted by molar-refractivity contribution is 5.77. The number of nitrogens with zero attached hydrogens (tertiary/aromatic N) is 2. The number of carbonyl (C=O) groups excluding carboxylic acids is 1. The summed E-state index contributed by atoms with van der Waals surface area (Å²) in [6.07, 6.45) is 2.20. The number of imidazole rings is 1. The summed E-state index contributed by atoms with van der Waals surface area (Å²) in [5.41, 5.74) is 7.44. The lowest BCUT2D eigenvalue weighted by molar-refractivity contribution is -0.121. The number of nitrogens with one attached hydrogen (secondary N) is 1. The molecule has 1 aromatic carbocycles. The zero-order valence-corrected chi connectivity index (χ0v) is 11.4. The standard InChI is InChI=1S/C14H20N4O/c1-14(2,15)9-16-13(19)7-8-18-10-17-11-5-3-4-6-12(11)18/h3-6,10H,7-9,15H2,1-2H3,(H,16,19). The molecule has 0 aliphatic heterocycles. The molecule has 0 unspecified atom stereocenters. The van der Waals surface area contributed by atoms with E-state index in [9.17, 15) is 4.79 Å².